The lowest BCUT2D eigenvalue weighted by molar-refractivity contribution is -0.143. The third-order valence-electron chi connectivity index (χ3n) is 4.17. The molecule has 1 amide bonds. The maximum atomic E-state index is 12.2. The SMILES string of the molecule is CC1CCC(=O)N(C2CCC(C(=O)O)CC2)S1(=O)=O. The van der Waals surface area contributed by atoms with Gasteiger partial charge in [0.05, 0.1) is 11.2 Å². The Balaban J connectivity index is 2.13. The van der Waals surface area contributed by atoms with Crippen LogP contribution in [0.1, 0.15) is 45.4 Å². The largest absolute Gasteiger partial charge is 0.481 e. The standard InChI is InChI=1S/C12H19NO5S/c1-8-2-7-11(14)13(19(8,17)18)10-5-3-9(4-6-10)12(15)16/h8-10H,2-7H2,1H3,(H,15,16). The first-order chi connectivity index (χ1) is 8.84. The number of nitrogens with zero attached hydrogens (tertiary/aromatic N) is 1. The second-order valence-corrected chi connectivity index (χ2v) is 7.66. The molecule has 19 heavy (non-hydrogen) atoms. The molecule has 0 spiro atoms. The van der Waals surface area contributed by atoms with Crippen molar-refractivity contribution in [2.75, 3.05) is 0 Å². The predicted molar refractivity (Wildman–Crippen MR) is 67.8 cm³/mol. The number of hydrogen-bond acceptors (Lipinski definition) is 4. The molecule has 1 heterocycles. The van der Waals surface area contributed by atoms with Crippen LogP contribution in [0.3, 0.4) is 0 Å². The smallest absolute Gasteiger partial charge is 0.306 e. The summed E-state index contributed by atoms with van der Waals surface area (Å²) in [6.07, 6.45) is 2.42. The van der Waals surface area contributed by atoms with Crippen molar-refractivity contribution in [3.05, 3.63) is 0 Å². The van der Waals surface area contributed by atoms with Crippen LogP contribution in [0.5, 0.6) is 0 Å². The van der Waals surface area contributed by atoms with E-state index in [0.29, 0.717) is 32.1 Å². The van der Waals surface area contributed by atoms with E-state index < -0.39 is 27.2 Å². The summed E-state index contributed by atoms with van der Waals surface area (Å²) in [5.41, 5.74) is 0. The van der Waals surface area contributed by atoms with Crippen LogP contribution in [0.2, 0.25) is 0 Å². The molecule has 108 valence electrons. The number of aliphatic carboxylic acids is 1. The highest BCUT2D eigenvalue weighted by molar-refractivity contribution is 7.90. The van der Waals surface area contributed by atoms with Crippen LogP contribution < -0.4 is 0 Å². The van der Waals surface area contributed by atoms with Crippen LogP contribution in [0.25, 0.3) is 0 Å². The summed E-state index contributed by atoms with van der Waals surface area (Å²) in [5, 5.41) is 8.41. The molecule has 0 aromatic heterocycles. The highest BCUT2D eigenvalue weighted by atomic mass is 32.2. The van der Waals surface area contributed by atoms with Gasteiger partial charge in [-0.05, 0) is 39.0 Å². The molecule has 1 saturated heterocycles. The van der Waals surface area contributed by atoms with Crippen molar-refractivity contribution in [2.24, 2.45) is 5.92 Å². The number of carbonyl (C=O) groups is 2. The molecule has 1 saturated carbocycles. The number of carbonyl (C=O) groups excluding carboxylic acids is 1. The molecule has 6 nitrogen and oxygen atoms in total. The van der Waals surface area contributed by atoms with Crippen molar-refractivity contribution in [3.63, 3.8) is 0 Å². The third-order valence-corrected chi connectivity index (χ3v) is 6.47. The van der Waals surface area contributed by atoms with E-state index in [2.05, 4.69) is 0 Å². The monoisotopic (exact) mass is 289 g/mol. The molecule has 1 N–H and O–H groups in total. The summed E-state index contributed by atoms with van der Waals surface area (Å²) in [4.78, 5) is 22.8. The van der Waals surface area contributed by atoms with Crippen LogP contribution in [-0.2, 0) is 19.6 Å². The zero-order chi connectivity index (χ0) is 14.2. The maximum absolute atomic E-state index is 12.2. The van der Waals surface area contributed by atoms with Gasteiger partial charge in [0.15, 0.2) is 0 Å². The maximum Gasteiger partial charge on any atom is 0.306 e. The molecule has 2 rings (SSSR count). The summed E-state index contributed by atoms with van der Waals surface area (Å²) < 4.78 is 25.5. The molecular weight excluding hydrogens is 270 g/mol. The number of amides is 1. The van der Waals surface area contributed by atoms with E-state index in [1.54, 1.807) is 6.92 Å². The highest BCUT2D eigenvalue weighted by Gasteiger charge is 2.43. The fraction of sp³-hybridized carbons (Fsp3) is 0.833. The molecule has 0 radical (unpaired) electrons. The molecule has 1 aliphatic carbocycles. The highest BCUT2D eigenvalue weighted by Crippen LogP contribution is 2.33. The summed E-state index contributed by atoms with van der Waals surface area (Å²) >= 11 is 0. The van der Waals surface area contributed by atoms with Crippen LogP contribution in [-0.4, -0.2) is 41.0 Å². The van der Waals surface area contributed by atoms with Gasteiger partial charge in [-0.2, -0.15) is 0 Å². The Morgan fingerprint density at radius 3 is 2.32 bits per heavy atom. The number of rotatable bonds is 2. The molecule has 0 bridgehead atoms. The first-order valence-electron chi connectivity index (χ1n) is 6.63. The zero-order valence-corrected chi connectivity index (χ0v) is 11.7. The molecule has 0 aromatic rings. The first kappa shape index (κ1) is 14.3. The Morgan fingerprint density at radius 1 is 1.21 bits per heavy atom. The van der Waals surface area contributed by atoms with Crippen molar-refractivity contribution in [1.82, 2.24) is 4.31 Å². The Hall–Kier alpha value is -1.11. The predicted octanol–water partition coefficient (Wildman–Crippen LogP) is 0.970. The fourth-order valence-electron chi connectivity index (χ4n) is 2.89. The van der Waals surface area contributed by atoms with Gasteiger partial charge in [-0.1, -0.05) is 0 Å². The quantitative estimate of drug-likeness (QED) is 0.817. The van der Waals surface area contributed by atoms with E-state index in [0.717, 1.165) is 4.31 Å². The van der Waals surface area contributed by atoms with Gasteiger partial charge in [0, 0.05) is 12.5 Å². The zero-order valence-electron chi connectivity index (χ0n) is 10.9. The summed E-state index contributed by atoms with van der Waals surface area (Å²) in [5.74, 6) is -1.58. The van der Waals surface area contributed by atoms with Gasteiger partial charge < -0.3 is 5.11 Å². The molecule has 1 aliphatic heterocycles. The van der Waals surface area contributed by atoms with Crippen LogP contribution in [0, 0.1) is 5.92 Å². The van der Waals surface area contributed by atoms with Gasteiger partial charge in [0.25, 0.3) is 0 Å². The van der Waals surface area contributed by atoms with Gasteiger partial charge in [-0.15, -0.1) is 0 Å². The van der Waals surface area contributed by atoms with E-state index in [1.807, 2.05) is 0 Å². The second-order valence-electron chi connectivity index (χ2n) is 5.43. The molecule has 1 atom stereocenters. The minimum Gasteiger partial charge on any atom is -0.481 e. The Labute approximate surface area is 112 Å². The van der Waals surface area contributed by atoms with Crippen LogP contribution in [0.15, 0.2) is 0 Å². The summed E-state index contributed by atoms with van der Waals surface area (Å²) in [6, 6.07) is -0.351. The number of carboxylic acid groups (broad SMARTS) is 1. The lowest BCUT2D eigenvalue weighted by atomic mass is 9.86. The molecule has 2 aliphatic rings. The fourth-order valence-corrected chi connectivity index (χ4v) is 4.70. The average Bonchev–Trinajstić information content (AvgIpc) is 2.35. The molecular formula is C12H19NO5S. The van der Waals surface area contributed by atoms with E-state index in [4.69, 9.17) is 5.11 Å². The molecule has 1 unspecified atom stereocenters. The van der Waals surface area contributed by atoms with Gasteiger partial charge in [-0.3, -0.25) is 9.59 Å². The summed E-state index contributed by atoms with van der Waals surface area (Å²) in [6.45, 7) is 1.62. The van der Waals surface area contributed by atoms with Crippen LogP contribution >= 0.6 is 0 Å². The van der Waals surface area contributed by atoms with Gasteiger partial charge in [0.1, 0.15) is 0 Å². The average molecular weight is 289 g/mol. The number of sulfonamides is 1. The van der Waals surface area contributed by atoms with Crippen LogP contribution in [0.4, 0.5) is 0 Å². The Kier molecular flexibility index (Phi) is 3.85. The molecule has 0 aromatic carbocycles. The molecule has 7 heteroatoms. The van der Waals surface area contributed by atoms with Crippen molar-refractivity contribution < 1.29 is 23.1 Å². The van der Waals surface area contributed by atoms with Crippen molar-refractivity contribution in [1.29, 1.82) is 0 Å². The minimum absolute atomic E-state index is 0.263. The van der Waals surface area contributed by atoms with E-state index in [-0.39, 0.29) is 18.4 Å². The first-order valence-corrected chi connectivity index (χ1v) is 8.13. The lowest BCUT2D eigenvalue weighted by Crippen LogP contribution is -2.52. The molecule has 2 fully saturated rings. The normalized spacial score (nSPS) is 35.1. The van der Waals surface area contributed by atoms with Gasteiger partial charge >= 0.3 is 5.97 Å². The van der Waals surface area contributed by atoms with E-state index in [1.165, 1.54) is 0 Å². The van der Waals surface area contributed by atoms with Gasteiger partial charge in [-0.25, -0.2) is 12.7 Å². The second kappa shape index (κ2) is 5.11. The van der Waals surface area contributed by atoms with Gasteiger partial charge in [0.2, 0.25) is 15.9 Å². The Morgan fingerprint density at radius 2 is 1.79 bits per heavy atom. The number of carboxylic acids is 1. The van der Waals surface area contributed by atoms with Crippen molar-refractivity contribution in [2.45, 2.75) is 56.7 Å². The van der Waals surface area contributed by atoms with E-state index >= 15 is 0 Å². The third kappa shape index (κ3) is 2.61. The van der Waals surface area contributed by atoms with Crippen molar-refractivity contribution >= 4 is 21.9 Å². The Bertz CT molecular complexity index is 478. The summed E-state index contributed by atoms with van der Waals surface area (Å²) in [7, 11) is -3.55. The lowest BCUT2D eigenvalue weighted by Gasteiger charge is -2.39. The number of hydrogen-bond donors (Lipinski definition) is 1. The topological polar surface area (TPSA) is 91.8 Å². The van der Waals surface area contributed by atoms with Crippen molar-refractivity contribution in [3.8, 4) is 0 Å². The van der Waals surface area contributed by atoms with E-state index in [9.17, 15) is 18.0 Å². The minimum atomic E-state index is -3.55.